The van der Waals surface area contributed by atoms with E-state index in [1.807, 2.05) is 6.07 Å². The molecule has 2 heterocycles. The molecular weight excluding hydrogens is 392 g/mol. The fraction of sp³-hybridized carbons (Fsp3) is 0.143. The van der Waals surface area contributed by atoms with Crippen LogP contribution in [0.2, 0.25) is 0 Å². The average molecular weight is 413 g/mol. The zero-order valence-corrected chi connectivity index (χ0v) is 17.0. The molecule has 0 bridgehead atoms. The van der Waals surface area contributed by atoms with Gasteiger partial charge in [-0.15, -0.1) is 23.7 Å². The van der Waals surface area contributed by atoms with Crippen LogP contribution in [0.4, 0.5) is 11.5 Å². The fourth-order valence-corrected chi connectivity index (χ4v) is 3.92. The highest BCUT2D eigenvalue weighted by Gasteiger charge is 2.11. The van der Waals surface area contributed by atoms with E-state index >= 15 is 0 Å². The number of aromatic nitrogens is 2. The van der Waals surface area contributed by atoms with Gasteiger partial charge in [0, 0.05) is 23.2 Å². The summed E-state index contributed by atoms with van der Waals surface area (Å²) in [5.41, 5.74) is 4.14. The Morgan fingerprint density at radius 1 is 1.04 bits per heavy atom. The first kappa shape index (κ1) is 20.1. The summed E-state index contributed by atoms with van der Waals surface area (Å²) < 4.78 is 0.993. The van der Waals surface area contributed by atoms with Crippen LogP contribution in [0, 0.1) is 0 Å². The van der Waals surface area contributed by atoms with E-state index < -0.39 is 0 Å². The lowest BCUT2D eigenvalue weighted by Gasteiger charge is -2.06. The molecule has 0 aliphatic heterocycles. The number of halogens is 1. The highest BCUT2D eigenvalue weighted by atomic mass is 35.5. The van der Waals surface area contributed by atoms with Gasteiger partial charge in [-0.2, -0.15) is 0 Å². The van der Waals surface area contributed by atoms with Gasteiger partial charge in [0.25, 0.3) is 0 Å². The molecule has 0 aliphatic rings. The van der Waals surface area contributed by atoms with Gasteiger partial charge in [0.05, 0.1) is 10.2 Å². The molecule has 0 fully saturated rings. The summed E-state index contributed by atoms with van der Waals surface area (Å²) >= 11 is 1.66. The Balaban J connectivity index is 0.00000225. The summed E-state index contributed by atoms with van der Waals surface area (Å²) in [5, 5.41) is 16.3. The molecule has 0 saturated heterocycles. The number of anilines is 2. The van der Waals surface area contributed by atoms with Gasteiger partial charge in [-0.1, -0.05) is 37.3 Å². The number of benzene rings is 2. The number of rotatable bonds is 6. The van der Waals surface area contributed by atoms with Crippen molar-refractivity contribution in [3.05, 3.63) is 66.5 Å². The number of phenolic OH excluding ortho intramolecular Hbond substituents is 1. The first-order chi connectivity index (χ1) is 13.2. The largest absolute Gasteiger partial charge is 0.508 e. The number of fused-ring (bicyclic) bond motifs is 1. The lowest BCUT2D eigenvalue weighted by Crippen LogP contribution is -2.11. The summed E-state index contributed by atoms with van der Waals surface area (Å²) in [4.78, 5) is 9.94. The zero-order chi connectivity index (χ0) is 18.6. The number of nitrogens with one attached hydrogen (secondary N) is 2. The van der Waals surface area contributed by atoms with Crippen molar-refractivity contribution in [3.63, 3.8) is 0 Å². The Morgan fingerprint density at radius 3 is 2.61 bits per heavy atom. The standard InChI is InChI=1S/C21H20N4OS.ClH/c1-2-22-12-14-6-8-15(9-7-14)19-11-18-20(27-19)21(24-13-23-18)25-16-4-3-5-17(26)10-16;/h3-11,13,22,26H,2,12H2,1H3,(H,23,24,25);1H. The predicted molar refractivity (Wildman–Crippen MR) is 119 cm³/mol. The van der Waals surface area contributed by atoms with Crippen LogP contribution in [0.3, 0.4) is 0 Å². The van der Waals surface area contributed by atoms with Crippen LogP contribution in [0.25, 0.3) is 20.7 Å². The lowest BCUT2D eigenvalue weighted by molar-refractivity contribution is 0.475. The first-order valence-corrected chi connectivity index (χ1v) is 9.65. The molecule has 28 heavy (non-hydrogen) atoms. The zero-order valence-electron chi connectivity index (χ0n) is 15.3. The van der Waals surface area contributed by atoms with Gasteiger partial charge in [-0.3, -0.25) is 0 Å². The minimum atomic E-state index is 0. The van der Waals surface area contributed by atoms with Crippen LogP contribution in [0.15, 0.2) is 60.9 Å². The van der Waals surface area contributed by atoms with Gasteiger partial charge in [-0.25, -0.2) is 9.97 Å². The third kappa shape index (κ3) is 4.42. The van der Waals surface area contributed by atoms with E-state index in [-0.39, 0.29) is 18.2 Å². The summed E-state index contributed by atoms with van der Waals surface area (Å²) in [6.07, 6.45) is 1.56. The van der Waals surface area contributed by atoms with Gasteiger partial charge in [0.1, 0.15) is 12.1 Å². The highest BCUT2D eigenvalue weighted by Crippen LogP contribution is 2.36. The van der Waals surface area contributed by atoms with Crippen LogP contribution in [-0.4, -0.2) is 21.6 Å². The lowest BCUT2D eigenvalue weighted by atomic mass is 10.1. The number of phenols is 1. The number of hydrogen-bond donors (Lipinski definition) is 3. The van der Waals surface area contributed by atoms with E-state index in [0.29, 0.717) is 0 Å². The van der Waals surface area contributed by atoms with Gasteiger partial charge in [0.2, 0.25) is 0 Å². The van der Waals surface area contributed by atoms with Crippen LogP contribution in [0.1, 0.15) is 12.5 Å². The number of aromatic hydroxyl groups is 1. The van der Waals surface area contributed by atoms with E-state index in [0.717, 1.165) is 39.7 Å². The number of nitrogens with zero attached hydrogens (tertiary/aromatic N) is 2. The van der Waals surface area contributed by atoms with Crippen LogP contribution < -0.4 is 10.6 Å². The van der Waals surface area contributed by atoms with Crippen LogP contribution in [-0.2, 0) is 6.54 Å². The Kier molecular flexibility index (Phi) is 6.46. The maximum atomic E-state index is 9.66. The van der Waals surface area contributed by atoms with E-state index in [1.165, 1.54) is 11.1 Å². The SMILES string of the molecule is CCNCc1ccc(-c2cc3ncnc(Nc4cccc(O)c4)c3s2)cc1.Cl. The van der Waals surface area contributed by atoms with Crippen molar-refractivity contribution in [2.75, 3.05) is 11.9 Å². The minimum absolute atomic E-state index is 0. The molecule has 0 saturated carbocycles. The van der Waals surface area contributed by atoms with Crippen LogP contribution >= 0.6 is 23.7 Å². The van der Waals surface area contributed by atoms with Crippen molar-refractivity contribution in [3.8, 4) is 16.2 Å². The van der Waals surface area contributed by atoms with Crippen molar-refractivity contribution >= 4 is 45.5 Å². The molecule has 144 valence electrons. The molecule has 0 radical (unpaired) electrons. The van der Waals surface area contributed by atoms with Gasteiger partial charge in [-0.05, 0) is 35.9 Å². The first-order valence-electron chi connectivity index (χ1n) is 8.83. The van der Waals surface area contributed by atoms with Crippen molar-refractivity contribution in [1.29, 1.82) is 0 Å². The van der Waals surface area contributed by atoms with Crippen molar-refractivity contribution in [2.45, 2.75) is 13.5 Å². The normalized spacial score (nSPS) is 10.6. The molecule has 0 atom stereocenters. The Bertz CT molecular complexity index is 1070. The molecule has 4 aromatic rings. The third-order valence-electron chi connectivity index (χ3n) is 4.24. The molecule has 0 amide bonds. The van der Waals surface area contributed by atoms with Gasteiger partial charge in [0.15, 0.2) is 5.82 Å². The monoisotopic (exact) mass is 412 g/mol. The second-order valence-corrected chi connectivity index (χ2v) is 7.25. The summed E-state index contributed by atoms with van der Waals surface area (Å²) in [6.45, 7) is 3.95. The molecule has 0 unspecified atom stereocenters. The average Bonchev–Trinajstić information content (AvgIpc) is 3.12. The number of hydrogen-bond acceptors (Lipinski definition) is 6. The Hall–Kier alpha value is -2.67. The molecule has 0 spiro atoms. The molecule has 7 heteroatoms. The molecule has 0 aliphatic carbocycles. The quantitative estimate of drug-likeness (QED) is 0.398. The fourth-order valence-electron chi connectivity index (χ4n) is 2.86. The van der Waals surface area contributed by atoms with E-state index in [4.69, 9.17) is 0 Å². The van der Waals surface area contributed by atoms with Gasteiger partial charge < -0.3 is 15.7 Å². The summed E-state index contributed by atoms with van der Waals surface area (Å²) in [7, 11) is 0. The van der Waals surface area contributed by atoms with Crippen molar-refractivity contribution in [1.82, 2.24) is 15.3 Å². The molecule has 5 nitrogen and oxygen atoms in total. The summed E-state index contributed by atoms with van der Waals surface area (Å²) in [5.74, 6) is 0.959. The predicted octanol–water partition coefficient (Wildman–Crippen LogP) is 5.34. The third-order valence-corrected chi connectivity index (χ3v) is 5.42. The molecule has 4 rings (SSSR count). The molecule has 2 aromatic heterocycles. The molecular formula is C21H21ClN4OS. The molecule has 3 N–H and O–H groups in total. The number of thiophene rings is 1. The topological polar surface area (TPSA) is 70.1 Å². The van der Waals surface area contributed by atoms with E-state index in [2.05, 4.69) is 57.9 Å². The van der Waals surface area contributed by atoms with Gasteiger partial charge >= 0.3 is 0 Å². The second kappa shape index (κ2) is 9.01. The van der Waals surface area contributed by atoms with E-state index in [9.17, 15) is 5.11 Å². The summed E-state index contributed by atoms with van der Waals surface area (Å²) in [6, 6.07) is 17.7. The second-order valence-electron chi connectivity index (χ2n) is 6.20. The smallest absolute Gasteiger partial charge is 0.151 e. The minimum Gasteiger partial charge on any atom is -0.508 e. The molecule has 2 aromatic carbocycles. The highest BCUT2D eigenvalue weighted by molar-refractivity contribution is 7.22. The Morgan fingerprint density at radius 2 is 1.86 bits per heavy atom. The van der Waals surface area contributed by atoms with E-state index in [1.54, 1.807) is 35.9 Å². The maximum absolute atomic E-state index is 9.66. The van der Waals surface area contributed by atoms with Crippen molar-refractivity contribution < 1.29 is 5.11 Å². The van der Waals surface area contributed by atoms with Crippen LogP contribution in [0.5, 0.6) is 5.75 Å². The Labute approximate surface area is 173 Å². The van der Waals surface area contributed by atoms with Crippen molar-refractivity contribution in [2.24, 2.45) is 0 Å². The maximum Gasteiger partial charge on any atom is 0.151 e.